The summed E-state index contributed by atoms with van der Waals surface area (Å²) in [5, 5.41) is 2.42. The molecule has 0 fully saturated rings. The lowest BCUT2D eigenvalue weighted by Gasteiger charge is -2.13. The summed E-state index contributed by atoms with van der Waals surface area (Å²) in [4.78, 5) is 11.0. The van der Waals surface area contributed by atoms with E-state index in [4.69, 9.17) is 5.73 Å². The number of nitrogens with two attached hydrogens (primary N) is 1. The van der Waals surface area contributed by atoms with Crippen molar-refractivity contribution in [2.24, 2.45) is 5.73 Å². The topological polar surface area (TPSA) is 55.1 Å². The average Bonchev–Trinajstić information content (AvgIpc) is 2.25. The maximum atomic E-state index is 12.6. The first-order valence-electron chi connectivity index (χ1n) is 5.52. The number of hydrogen-bond donors (Lipinski definition) is 2. The molecule has 1 aromatic rings. The third kappa shape index (κ3) is 4.03. The monoisotopic (exact) mass is 260 g/mol. The van der Waals surface area contributed by atoms with Gasteiger partial charge in [-0.15, -0.1) is 0 Å². The van der Waals surface area contributed by atoms with Gasteiger partial charge in [0.05, 0.1) is 5.56 Å². The summed E-state index contributed by atoms with van der Waals surface area (Å²) in [6.45, 7) is 1.70. The van der Waals surface area contributed by atoms with Gasteiger partial charge in [-0.05, 0) is 37.1 Å². The Morgan fingerprint density at radius 3 is 2.56 bits per heavy atom. The number of nitrogens with one attached hydrogen (secondary N) is 1. The lowest BCUT2D eigenvalue weighted by Crippen LogP contribution is -2.12. The summed E-state index contributed by atoms with van der Waals surface area (Å²) in [6.07, 6.45) is -3.23. The highest BCUT2D eigenvalue weighted by molar-refractivity contribution is 5.89. The molecule has 1 aromatic carbocycles. The molecule has 0 radical (unpaired) electrons. The van der Waals surface area contributed by atoms with E-state index in [1.165, 1.54) is 13.0 Å². The zero-order valence-corrected chi connectivity index (χ0v) is 9.97. The lowest BCUT2D eigenvalue weighted by molar-refractivity contribution is -0.137. The van der Waals surface area contributed by atoms with E-state index in [-0.39, 0.29) is 5.69 Å². The Kier molecular flexibility index (Phi) is 4.72. The van der Waals surface area contributed by atoms with E-state index in [0.717, 1.165) is 12.1 Å². The summed E-state index contributed by atoms with van der Waals surface area (Å²) in [5.41, 5.74) is 5.44. The van der Waals surface area contributed by atoms with Crippen molar-refractivity contribution < 1.29 is 18.0 Å². The highest BCUT2D eigenvalue weighted by atomic mass is 19.4. The second kappa shape index (κ2) is 5.86. The van der Waals surface area contributed by atoms with Crippen LogP contribution in [0.15, 0.2) is 18.2 Å². The van der Waals surface area contributed by atoms with Crippen LogP contribution in [0, 0.1) is 0 Å². The molecular weight excluding hydrogens is 245 g/mol. The highest BCUT2D eigenvalue weighted by Gasteiger charge is 2.31. The van der Waals surface area contributed by atoms with Crippen LogP contribution in [0.5, 0.6) is 0 Å². The van der Waals surface area contributed by atoms with Gasteiger partial charge in [0.25, 0.3) is 0 Å². The van der Waals surface area contributed by atoms with Gasteiger partial charge in [0.15, 0.2) is 0 Å². The Labute approximate surface area is 103 Å². The van der Waals surface area contributed by atoms with Gasteiger partial charge in [0.2, 0.25) is 5.91 Å². The molecule has 0 bridgehead atoms. The first kappa shape index (κ1) is 14.5. The molecule has 0 unspecified atom stereocenters. The van der Waals surface area contributed by atoms with Gasteiger partial charge in [0, 0.05) is 12.6 Å². The standard InChI is InChI=1S/C12H15F3N2O/c1-8(18)17-11-7-10(12(13,14)15)5-4-9(11)3-2-6-16/h4-5,7H,2-3,6,16H2,1H3,(H,17,18). The average molecular weight is 260 g/mol. The fourth-order valence-electron chi connectivity index (χ4n) is 1.57. The summed E-state index contributed by atoms with van der Waals surface area (Å²) in [5.74, 6) is -0.400. The maximum absolute atomic E-state index is 12.6. The van der Waals surface area contributed by atoms with E-state index in [9.17, 15) is 18.0 Å². The SMILES string of the molecule is CC(=O)Nc1cc(C(F)(F)F)ccc1CCCN. The summed E-state index contributed by atoms with van der Waals surface area (Å²) >= 11 is 0. The molecule has 0 aliphatic rings. The number of carbonyl (C=O) groups is 1. The summed E-state index contributed by atoms with van der Waals surface area (Å²) < 4.78 is 37.7. The Balaban J connectivity index is 3.07. The van der Waals surface area contributed by atoms with Crippen molar-refractivity contribution in [2.75, 3.05) is 11.9 Å². The molecule has 18 heavy (non-hydrogen) atoms. The van der Waals surface area contributed by atoms with Crippen LogP contribution in [0.25, 0.3) is 0 Å². The molecule has 1 rings (SSSR count). The van der Waals surface area contributed by atoms with E-state index in [1.54, 1.807) is 0 Å². The largest absolute Gasteiger partial charge is 0.416 e. The van der Waals surface area contributed by atoms with E-state index in [1.807, 2.05) is 0 Å². The van der Waals surface area contributed by atoms with Gasteiger partial charge in [-0.2, -0.15) is 13.2 Å². The van der Waals surface area contributed by atoms with Gasteiger partial charge in [-0.25, -0.2) is 0 Å². The number of benzene rings is 1. The maximum Gasteiger partial charge on any atom is 0.416 e. The number of halogens is 3. The second-order valence-corrected chi connectivity index (χ2v) is 3.94. The molecule has 0 saturated carbocycles. The number of anilines is 1. The first-order valence-corrected chi connectivity index (χ1v) is 5.52. The Bertz CT molecular complexity index is 430. The molecule has 3 nitrogen and oxygen atoms in total. The van der Waals surface area contributed by atoms with Crippen molar-refractivity contribution in [2.45, 2.75) is 25.9 Å². The minimum absolute atomic E-state index is 0.200. The molecule has 0 atom stereocenters. The molecule has 3 N–H and O–H groups in total. The Hall–Kier alpha value is -1.56. The number of amides is 1. The molecule has 0 saturated heterocycles. The quantitative estimate of drug-likeness (QED) is 0.874. The Morgan fingerprint density at radius 2 is 2.06 bits per heavy atom. The molecule has 1 amide bonds. The molecule has 0 aliphatic carbocycles. The van der Waals surface area contributed by atoms with Crippen molar-refractivity contribution in [1.82, 2.24) is 0 Å². The van der Waals surface area contributed by atoms with Crippen LogP contribution >= 0.6 is 0 Å². The van der Waals surface area contributed by atoms with Crippen molar-refractivity contribution in [3.05, 3.63) is 29.3 Å². The molecule has 0 heterocycles. The minimum Gasteiger partial charge on any atom is -0.330 e. The zero-order valence-electron chi connectivity index (χ0n) is 9.97. The van der Waals surface area contributed by atoms with Crippen molar-refractivity contribution in [3.8, 4) is 0 Å². The first-order chi connectivity index (χ1) is 8.34. The predicted molar refractivity (Wildman–Crippen MR) is 63.1 cm³/mol. The highest BCUT2D eigenvalue weighted by Crippen LogP contribution is 2.32. The molecule has 6 heteroatoms. The van der Waals surface area contributed by atoms with Crippen molar-refractivity contribution in [3.63, 3.8) is 0 Å². The normalized spacial score (nSPS) is 11.4. The van der Waals surface area contributed by atoms with E-state index in [2.05, 4.69) is 5.32 Å². The van der Waals surface area contributed by atoms with E-state index < -0.39 is 17.6 Å². The number of carbonyl (C=O) groups excluding carboxylic acids is 1. The van der Waals surface area contributed by atoms with Crippen LogP contribution < -0.4 is 11.1 Å². The van der Waals surface area contributed by atoms with Crippen LogP contribution in [0.1, 0.15) is 24.5 Å². The van der Waals surface area contributed by atoms with Crippen molar-refractivity contribution >= 4 is 11.6 Å². The van der Waals surface area contributed by atoms with Crippen LogP contribution in [-0.2, 0) is 17.4 Å². The molecule has 0 aromatic heterocycles. The molecule has 0 spiro atoms. The number of hydrogen-bond acceptors (Lipinski definition) is 2. The smallest absolute Gasteiger partial charge is 0.330 e. The third-order valence-electron chi connectivity index (χ3n) is 2.40. The van der Waals surface area contributed by atoms with Crippen LogP contribution in [0.2, 0.25) is 0 Å². The van der Waals surface area contributed by atoms with Crippen LogP contribution in [0.3, 0.4) is 0 Å². The predicted octanol–water partition coefficient (Wildman–Crippen LogP) is 2.56. The van der Waals surface area contributed by atoms with Crippen molar-refractivity contribution in [1.29, 1.82) is 0 Å². The van der Waals surface area contributed by atoms with Gasteiger partial charge in [-0.3, -0.25) is 4.79 Å². The lowest BCUT2D eigenvalue weighted by atomic mass is 10.0. The summed E-state index contributed by atoms with van der Waals surface area (Å²) in [6, 6.07) is 3.34. The number of aryl methyl sites for hydroxylation is 1. The fraction of sp³-hybridized carbons (Fsp3) is 0.417. The molecule has 0 aliphatic heterocycles. The van der Waals surface area contributed by atoms with E-state index in [0.29, 0.717) is 24.9 Å². The van der Waals surface area contributed by atoms with E-state index >= 15 is 0 Å². The van der Waals surface area contributed by atoms with Gasteiger partial charge < -0.3 is 11.1 Å². The molecular formula is C12H15F3N2O. The van der Waals surface area contributed by atoms with Gasteiger partial charge in [0.1, 0.15) is 0 Å². The minimum atomic E-state index is -4.42. The second-order valence-electron chi connectivity index (χ2n) is 3.94. The van der Waals surface area contributed by atoms with Gasteiger partial charge >= 0.3 is 6.18 Å². The van der Waals surface area contributed by atoms with Crippen LogP contribution in [0.4, 0.5) is 18.9 Å². The Morgan fingerprint density at radius 1 is 1.39 bits per heavy atom. The van der Waals surface area contributed by atoms with Gasteiger partial charge in [-0.1, -0.05) is 6.07 Å². The number of alkyl halides is 3. The third-order valence-corrected chi connectivity index (χ3v) is 2.40. The fourth-order valence-corrected chi connectivity index (χ4v) is 1.57. The molecule has 100 valence electrons. The summed E-state index contributed by atoms with van der Waals surface area (Å²) in [7, 11) is 0. The number of rotatable bonds is 4. The zero-order chi connectivity index (χ0) is 13.8. The van der Waals surface area contributed by atoms with Crippen LogP contribution in [-0.4, -0.2) is 12.5 Å².